The molecule has 0 unspecified atom stereocenters. The Morgan fingerprint density at radius 2 is 1.70 bits per heavy atom. The van der Waals surface area contributed by atoms with Gasteiger partial charge in [-0.3, -0.25) is 4.79 Å². The van der Waals surface area contributed by atoms with Gasteiger partial charge in [0, 0.05) is 5.56 Å². The number of carbonyl (C=O) groups is 1. The number of ketones is 1. The summed E-state index contributed by atoms with van der Waals surface area (Å²) in [6.07, 6.45) is 3.68. The molecule has 0 heterocycles. The SMILES string of the molecule is CCCCOc1cc(C(C)=O)cc(F)c1OCCCC. The van der Waals surface area contributed by atoms with E-state index in [9.17, 15) is 9.18 Å². The van der Waals surface area contributed by atoms with Gasteiger partial charge in [-0.2, -0.15) is 0 Å². The maximum Gasteiger partial charge on any atom is 0.197 e. The summed E-state index contributed by atoms with van der Waals surface area (Å²) in [5.41, 5.74) is 0.303. The highest BCUT2D eigenvalue weighted by molar-refractivity contribution is 5.94. The Morgan fingerprint density at radius 1 is 1.10 bits per heavy atom. The minimum Gasteiger partial charge on any atom is -0.490 e. The molecule has 0 bridgehead atoms. The van der Waals surface area contributed by atoms with Crippen LogP contribution in [0.15, 0.2) is 12.1 Å². The van der Waals surface area contributed by atoms with Gasteiger partial charge in [0.2, 0.25) is 0 Å². The van der Waals surface area contributed by atoms with Crippen molar-refractivity contribution in [2.45, 2.75) is 46.5 Å². The standard InChI is InChI=1S/C16H23FO3/c1-4-6-8-19-15-11-13(12(3)18)10-14(17)16(15)20-9-7-5-2/h10-11H,4-9H2,1-3H3. The molecule has 112 valence electrons. The lowest BCUT2D eigenvalue weighted by Gasteiger charge is -2.14. The number of rotatable bonds is 9. The van der Waals surface area contributed by atoms with Gasteiger partial charge < -0.3 is 9.47 Å². The summed E-state index contributed by atoms with van der Waals surface area (Å²) in [5.74, 6) is -0.302. The first-order valence-corrected chi connectivity index (χ1v) is 7.20. The van der Waals surface area contributed by atoms with E-state index in [1.807, 2.05) is 6.92 Å². The first-order chi connectivity index (χ1) is 9.60. The van der Waals surface area contributed by atoms with Crippen molar-refractivity contribution in [2.75, 3.05) is 13.2 Å². The van der Waals surface area contributed by atoms with Crippen LogP contribution in [0.1, 0.15) is 56.8 Å². The van der Waals surface area contributed by atoms with Gasteiger partial charge in [-0.05, 0) is 31.9 Å². The van der Waals surface area contributed by atoms with E-state index < -0.39 is 5.82 Å². The van der Waals surface area contributed by atoms with Gasteiger partial charge in [0.25, 0.3) is 0 Å². The Hall–Kier alpha value is -1.58. The fraction of sp³-hybridized carbons (Fsp3) is 0.562. The van der Waals surface area contributed by atoms with Gasteiger partial charge in [-0.1, -0.05) is 26.7 Å². The van der Waals surface area contributed by atoms with Gasteiger partial charge in [0.05, 0.1) is 13.2 Å². The van der Waals surface area contributed by atoms with Crippen molar-refractivity contribution >= 4 is 5.78 Å². The Kier molecular flexibility index (Phi) is 7.05. The van der Waals surface area contributed by atoms with Gasteiger partial charge >= 0.3 is 0 Å². The van der Waals surface area contributed by atoms with E-state index in [1.165, 1.54) is 13.0 Å². The monoisotopic (exact) mass is 282 g/mol. The fourth-order valence-corrected chi connectivity index (χ4v) is 1.66. The van der Waals surface area contributed by atoms with Gasteiger partial charge in [0.1, 0.15) is 0 Å². The molecule has 4 heteroatoms. The van der Waals surface area contributed by atoms with Crippen molar-refractivity contribution in [1.29, 1.82) is 0 Å². The van der Waals surface area contributed by atoms with E-state index in [0.717, 1.165) is 25.7 Å². The van der Waals surface area contributed by atoms with Crippen LogP contribution in [0.3, 0.4) is 0 Å². The van der Waals surface area contributed by atoms with E-state index >= 15 is 0 Å². The molecule has 0 radical (unpaired) electrons. The largest absolute Gasteiger partial charge is 0.490 e. The minimum atomic E-state index is -0.541. The molecule has 20 heavy (non-hydrogen) atoms. The van der Waals surface area contributed by atoms with E-state index in [0.29, 0.717) is 24.5 Å². The van der Waals surface area contributed by atoms with Crippen LogP contribution in [0.2, 0.25) is 0 Å². The van der Waals surface area contributed by atoms with E-state index in [-0.39, 0.29) is 11.5 Å². The average Bonchev–Trinajstić information content (AvgIpc) is 2.41. The molecular formula is C16H23FO3. The Bertz CT molecular complexity index is 444. The average molecular weight is 282 g/mol. The molecule has 0 aliphatic carbocycles. The lowest BCUT2D eigenvalue weighted by molar-refractivity contribution is 0.101. The number of benzene rings is 1. The number of halogens is 1. The van der Waals surface area contributed by atoms with Crippen molar-refractivity contribution in [2.24, 2.45) is 0 Å². The maximum atomic E-state index is 14.1. The summed E-state index contributed by atoms with van der Waals surface area (Å²) in [6.45, 7) is 6.42. The predicted molar refractivity (Wildman–Crippen MR) is 77.2 cm³/mol. The molecule has 0 aliphatic heterocycles. The summed E-state index contributed by atoms with van der Waals surface area (Å²) in [6, 6.07) is 2.76. The van der Waals surface area contributed by atoms with Gasteiger partial charge in [-0.15, -0.1) is 0 Å². The molecule has 1 aromatic carbocycles. The van der Waals surface area contributed by atoms with Crippen molar-refractivity contribution in [3.8, 4) is 11.5 Å². The lowest BCUT2D eigenvalue weighted by Crippen LogP contribution is -2.06. The topological polar surface area (TPSA) is 35.5 Å². The van der Waals surface area contributed by atoms with Crippen molar-refractivity contribution in [3.63, 3.8) is 0 Å². The number of unbranched alkanes of at least 4 members (excludes halogenated alkanes) is 2. The summed E-state index contributed by atoms with van der Waals surface area (Å²) in [4.78, 5) is 11.4. The minimum absolute atomic E-state index is 0.111. The number of hydrogen-bond donors (Lipinski definition) is 0. The summed E-state index contributed by atoms with van der Waals surface area (Å²) in [5, 5.41) is 0. The molecule has 0 saturated carbocycles. The third-order valence-electron chi connectivity index (χ3n) is 2.92. The zero-order valence-corrected chi connectivity index (χ0v) is 12.5. The summed E-state index contributed by atoms with van der Waals surface area (Å²) in [7, 11) is 0. The normalized spacial score (nSPS) is 10.4. The zero-order valence-electron chi connectivity index (χ0n) is 12.5. The summed E-state index contributed by atoms with van der Waals surface area (Å²) >= 11 is 0. The third-order valence-corrected chi connectivity index (χ3v) is 2.92. The van der Waals surface area contributed by atoms with Crippen LogP contribution in [0.4, 0.5) is 4.39 Å². The molecule has 0 atom stereocenters. The molecule has 3 nitrogen and oxygen atoms in total. The second-order valence-corrected chi connectivity index (χ2v) is 4.75. The molecule has 1 rings (SSSR count). The predicted octanol–water partition coefficient (Wildman–Crippen LogP) is 4.39. The second-order valence-electron chi connectivity index (χ2n) is 4.75. The van der Waals surface area contributed by atoms with Gasteiger partial charge in [-0.25, -0.2) is 4.39 Å². The van der Waals surface area contributed by atoms with Crippen LogP contribution in [0, 0.1) is 5.82 Å². The molecule has 0 aromatic heterocycles. The lowest BCUT2D eigenvalue weighted by atomic mass is 10.1. The van der Waals surface area contributed by atoms with Crippen molar-refractivity contribution < 1.29 is 18.7 Å². The van der Waals surface area contributed by atoms with Crippen LogP contribution < -0.4 is 9.47 Å². The summed E-state index contributed by atoms with van der Waals surface area (Å²) < 4.78 is 25.1. The van der Waals surface area contributed by atoms with Crippen LogP contribution in [0.5, 0.6) is 11.5 Å². The Balaban J connectivity index is 2.95. The fourth-order valence-electron chi connectivity index (χ4n) is 1.66. The van der Waals surface area contributed by atoms with E-state index in [4.69, 9.17) is 9.47 Å². The highest BCUT2D eigenvalue weighted by Crippen LogP contribution is 2.32. The second kappa shape index (κ2) is 8.56. The van der Waals surface area contributed by atoms with E-state index in [1.54, 1.807) is 6.07 Å². The van der Waals surface area contributed by atoms with Crippen LogP contribution in [-0.2, 0) is 0 Å². The van der Waals surface area contributed by atoms with Crippen molar-refractivity contribution in [1.82, 2.24) is 0 Å². The molecule has 1 aromatic rings. The highest BCUT2D eigenvalue weighted by Gasteiger charge is 2.15. The molecule has 0 aliphatic rings. The molecule has 0 N–H and O–H groups in total. The molecule has 0 fully saturated rings. The van der Waals surface area contributed by atoms with Crippen LogP contribution in [-0.4, -0.2) is 19.0 Å². The van der Waals surface area contributed by atoms with Crippen molar-refractivity contribution in [3.05, 3.63) is 23.5 Å². The molecular weight excluding hydrogens is 259 g/mol. The molecule has 0 saturated heterocycles. The van der Waals surface area contributed by atoms with E-state index in [2.05, 4.69) is 6.92 Å². The van der Waals surface area contributed by atoms with Crippen LogP contribution >= 0.6 is 0 Å². The van der Waals surface area contributed by atoms with Crippen LogP contribution in [0.25, 0.3) is 0 Å². The quantitative estimate of drug-likeness (QED) is 0.498. The number of ether oxygens (including phenoxy) is 2. The van der Waals surface area contributed by atoms with Gasteiger partial charge in [0.15, 0.2) is 23.1 Å². The number of Topliss-reactive ketones (excluding diaryl/α,β-unsaturated/α-hetero) is 1. The Labute approximate surface area is 120 Å². The first kappa shape index (κ1) is 16.5. The maximum absolute atomic E-state index is 14.1. The molecule has 0 amide bonds. The zero-order chi connectivity index (χ0) is 15.0. The smallest absolute Gasteiger partial charge is 0.197 e. The Morgan fingerprint density at radius 3 is 2.25 bits per heavy atom. The number of hydrogen-bond acceptors (Lipinski definition) is 3. The highest BCUT2D eigenvalue weighted by atomic mass is 19.1. The third kappa shape index (κ3) is 4.83. The first-order valence-electron chi connectivity index (χ1n) is 7.20. The number of carbonyl (C=O) groups excluding carboxylic acids is 1. The molecule has 0 spiro atoms.